The summed E-state index contributed by atoms with van der Waals surface area (Å²) >= 11 is 7.17. The van der Waals surface area contributed by atoms with Crippen LogP contribution in [0.2, 0.25) is 5.02 Å². The van der Waals surface area contributed by atoms with E-state index in [0.717, 1.165) is 5.56 Å². The highest BCUT2D eigenvalue weighted by Gasteiger charge is 2.15. The van der Waals surface area contributed by atoms with E-state index in [1.165, 1.54) is 18.0 Å². The van der Waals surface area contributed by atoms with Gasteiger partial charge in [0.05, 0.1) is 11.2 Å². The molecule has 0 aliphatic rings. The number of amides is 2. The van der Waals surface area contributed by atoms with E-state index < -0.39 is 11.8 Å². The van der Waals surface area contributed by atoms with Crippen LogP contribution in [0.3, 0.4) is 0 Å². The Bertz CT molecular complexity index is 706. The summed E-state index contributed by atoms with van der Waals surface area (Å²) in [4.78, 5) is 31.9. The van der Waals surface area contributed by atoms with Crippen LogP contribution in [0.4, 0.5) is 0 Å². The lowest BCUT2D eigenvalue weighted by molar-refractivity contribution is 0.0843. The van der Waals surface area contributed by atoms with Gasteiger partial charge in [-0.05, 0) is 25.3 Å². The van der Waals surface area contributed by atoms with Gasteiger partial charge in [-0.2, -0.15) is 0 Å². The normalized spacial score (nSPS) is 10.1. The fourth-order valence-electron chi connectivity index (χ4n) is 1.56. The lowest BCUT2D eigenvalue weighted by Gasteiger charge is -2.08. The van der Waals surface area contributed by atoms with Crippen LogP contribution in [-0.4, -0.2) is 28.0 Å². The summed E-state index contributed by atoms with van der Waals surface area (Å²) in [5.74, 6) is -1.04. The number of aromatic nitrogens is 2. The maximum atomic E-state index is 12.0. The number of hydrogen-bond donors (Lipinski definition) is 2. The highest BCUT2D eigenvalue weighted by Crippen LogP contribution is 2.16. The molecule has 22 heavy (non-hydrogen) atoms. The third-order valence-electron chi connectivity index (χ3n) is 2.72. The summed E-state index contributed by atoms with van der Waals surface area (Å²) in [7, 11) is 0. The van der Waals surface area contributed by atoms with Crippen molar-refractivity contribution < 1.29 is 9.59 Å². The number of hydrogen-bond acceptors (Lipinski definition) is 5. The molecule has 2 aromatic rings. The standard InChI is InChI=1S/C14H13ClN4O2S/c1-8-3-5-9(6-4-8)12(20)18-19-13(21)11-10(15)7-16-14(17-11)22-2/h3-7H,1-2H3,(H,18,20)(H,19,21). The van der Waals surface area contributed by atoms with Crippen molar-refractivity contribution in [1.29, 1.82) is 0 Å². The van der Waals surface area contributed by atoms with Crippen molar-refractivity contribution in [3.63, 3.8) is 0 Å². The molecule has 0 saturated heterocycles. The zero-order valence-corrected chi connectivity index (χ0v) is 13.5. The topological polar surface area (TPSA) is 84.0 Å². The molecule has 0 bridgehead atoms. The Morgan fingerprint density at radius 3 is 2.41 bits per heavy atom. The van der Waals surface area contributed by atoms with E-state index in [4.69, 9.17) is 11.6 Å². The zero-order valence-electron chi connectivity index (χ0n) is 11.9. The number of hydrazine groups is 1. The minimum atomic E-state index is -0.608. The molecule has 0 fully saturated rings. The third-order valence-corrected chi connectivity index (χ3v) is 3.56. The molecule has 114 valence electrons. The Morgan fingerprint density at radius 2 is 1.77 bits per heavy atom. The molecule has 0 aliphatic heterocycles. The highest BCUT2D eigenvalue weighted by molar-refractivity contribution is 7.98. The molecule has 1 aromatic heterocycles. The molecule has 0 spiro atoms. The first kappa shape index (κ1) is 16.3. The Labute approximate surface area is 136 Å². The van der Waals surface area contributed by atoms with Gasteiger partial charge in [-0.15, -0.1) is 0 Å². The van der Waals surface area contributed by atoms with Gasteiger partial charge in [0, 0.05) is 5.56 Å². The number of nitrogens with one attached hydrogen (secondary N) is 2. The van der Waals surface area contributed by atoms with Crippen molar-refractivity contribution in [3.05, 3.63) is 52.3 Å². The number of rotatable bonds is 3. The van der Waals surface area contributed by atoms with Gasteiger partial charge in [-0.1, -0.05) is 41.1 Å². The van der Waals surface area contributed by atoms with Crippen molar-refractivity contribution in [3.8, 4) is 0 Å². The number of nitrogens with zero attached hydrogens (tertiary/aromatic N) is 2. The van der Waals surface area contributed by atoms with Gasteiger partial charge < -0.3 is 0 Å². The number of benzene rings is 1. The summed E-state index contributed by atoms with van der Waals surface area (Å²) in [5, 5.41) is 0.527. The van der Waals surface area contributed by atoms with Crippen molar-refractivity contribution in [2.45, 2.75) is 12.1 Å². The van der Waals surface area contributed by atoms with Crippen molar-refractivity contribution in [2.24, 2.45) is 0 Å². The van der Waals surface area contributed by atoms with Crippen molar-refractivity contribution >= 4 is 35.2 Å². The first-order chi connectivity index (χ1) is 10.5. The van der Waals surface area contributed by atoms with Gasteiger partial charge in [-0.25, -0.2) is 9.97 Å². The number of aryl methyl sites for hydroxylation is 1. The Kier molecular flexibility index (Phi) is 5.35. The fourth-order valence-corrected chi connectivity index (χ4v) is 2.08. The maximum absolute atomic E-state index is 12.0. The summed E-state index contributed by atoms with van der Waals surface area (Å²) in [6.45, 7) is 1.92. The predicted octanol–water partition coefficient (Wildman–Crippen LogP) is 2.24. The highest BCUT2D eigenvalue weighted by atomic mass is 35.5. The van der Waals surface area contributed by atoms with Crippen LogP contribution in [0.15, 0.2) is 35.6 Å². The fraction of sp³-hybridized carbons (Fsp3) is 0.143. The monoisotopic (exact) mass is 336 g/mol. The summed E-state index contributed by atoms with van der Waals surface area (Å²) in [6.07, 6.45) is 3.13. The minimum Gasteiger partial charge on any atom is -0.267 e. The van der Waals surface area contributed by atoms with Crippen LogP contribution in [0.1, 0.15) is 26.4 Å². The second-order valence-electron chi connectivity index (χ2n) is 4.33. The Balaban J connectivity index is 2.03. The van der Waals surface area contributed by atoms with Crippen LogP contribution in [-0.2, 0) is 0 Å². The van der Waals surface area contributed by atoms with Gasteiger partial charge in [0.15, 0.2) is 10.9 Å². The molecule has 2 N–H and O–H groups in total. The average molecular weight is 337 g/mol. The molecule has 8 heteroatoms. The molecule has 2 amide bonds. The first-order valence-electron chi connectivity index (χ1n) is 6.25. The quantitative estimate of drug-likeness (QED) is 0.510. The van der Waals surface area contributed by atoms with E-state index in [0.29, 0.717) is 10.7 Å². The number of thioether (sulfide) groups is 1. The predicted molar refractivity (Wildman–Crippen MR) is 84.9 cm³/mol. The minimum absolute atomic E-state index is 0.00484. The summed E-state index contributed by atoms with van der Waals surface area (Å²) in [6, 6.07) is 6.95. The van der Waals surface area contributed by atoms with E-state index in [9.17, 15) is 9.59 Å². The van der Waals surface area contributed by atoms with Gasteiger partial charge in [0.1, 0.15) is 0 Å². The van der Waals surface area contributed by atoms with Gasteiger partial charge in [0.2, 0.25) is 0 Å². The van der Waals surface area contributed by atoms with Gasteiger partial charge in [0.25, 0.3) is 11.8 Å². The summed E-state index contributed by atoms with van der Waals surface area (Å²) in [5.41, 5.74) is 6.08. The Morgan fingerprint density at radius 1 is 1.14 bits per heavy atom. The third kappa shape index (κ3) is 3.96. The van der Waals surface area contributed by atoms with E-state index >= 15 is 0 Å². The van der Waals surface area contributed by atoms with Crippen molar-refractivity contribution in [1.82, 2.24) is 20.8 Å². The molecular weight excluding hydrogens is 324 g/mol. The average Bonchev–Trinajstić information content (AvgIpc) is 2.53. The molecule has 2 rings (SSSR count). The number of halogens is 1. The van der Waals surface area contributed by atoms with Gasteiger partial charge >= 0.3 is 0 Å². The lowest BCUT2D eigenvalue weighted by Crippen LogP contribution is -2.42. The maximum Gasteiger partial charge on any atom is 0.289 e. The van der Waals surface area contributed by atoms with Crippen LogP contribution >= 0.6 is 23.4 Å². The molecule has 6 nitrogen and oxygen atoms in total. The molecule has 0 radical (unpaired) electrons. The molecule has 0 aliphatic carbocycles. The second kappa shape index (κ2) is 7.24. The summed E-state index contributed by atoms with van der Waals surface area (Å²) < 4.78 is 0. The smallest absolute Gasteiger partial charge is 0.267 e. The zero-order chi connectivity index (χ0) is 16.1. The molecular formula is C14H13ClN4O2S. The molecule has 0 saturated carbocycles. The van der Waals surface area contributed by atoms with E-state index in [1.54, 1.807) is 18.4 Å². The SMILES string of the molecule is CSc1ncc(Cl)c(C(=O)NNC(=O)c2ccc(C)cc2)n1. The number of carbonyl (C=O) groups excluding carboxylic acids is 2. The molecule has 1 aromatic carbocycles. The molecule has 1 heterocycles. The largest absolute Gasteiger partial charge is 0.289 e. The van der Waals surface area contributed by atoms with Crippen LogP contribution in [0, 0.1) is 6.92 Å². The molecule has 0 atom stereocenters. The lowest BCUT2D eigenvalue weighted by atomic mass is 10.1. The van der Waals surface area contributed by atoms with E-state index in [2.05, 4.69) is 20.8 Å². The Hall–Kier alpha value is -2.12. The first-order valence-corrected chi connectivity index (χ1v) is 7.85. The van der Waals surface area contributed by atoms with Gasteiger partial charge in [-0.3, -0.25) is 20.4 Å². The second-order valence-corrected chi connectivity index (χ2v) is 5.51. The van der Waals surface area contributed by atoms with Crippen LogP contribution in [0.5, 0.6) is 0 Å². The number of carbonyl (C=O) groups is 2. The van der Waals surface area contributed by atoms with E-state index in [1.807, 2.05) is 19.1 Å². The molecule has 0 unspecified atom stereocenters. The van der Waals surface area contributed by atoms with E-state index in [-0.39, 0.29) is 10.7 Å². The van der Waals surface area contributed by atoms with Crippen LogP contribution in [0.25, 0.3) is 0 Å². The van der Waals surface area contributed by atoms with Crippen molar-refractivity contribution in [2.75, 3.05) is 6.26 Å². The van der Waals surface area contributed by atoms with Crippen LogP contribution < -0.4 is 10.9 Å².